The van der Waals surface area contributed by atoms with Crippen LogP contribution in [0.25, 0.3) is 33.4 Å². The molecule has 1 unspecified atom stereocenters. The van der Waals surface area contributed by atoms with E-state index in [1.807, 2.05) is 19.1 Å². The maximum absolute atomic E-state index is 12.1. The third kappa shape index (κ3) is 5.23. The Balaban J connectivity index is 1.38. The lowest BCUT2D eigenvalue weighted by molar-refractivity contribution is 0.249. The molecule has 6 rings (SSSR count). The summed E-state index contributed by atoms with van der Waals surface area (Å²) < 4.78 is 33.9. The van der Waals surface area contributed by atoms with Crippen molar-refractivity contribution in [1.29, 1.82) is 0 Å². The Kier molecular flexibility index (Phi) is 6.77. The third-order valence-electron chi connectivity index (χ3n) is 7.14. The van der Waals surface area contributed by atoms with E-state index in [2.05, 4.69) is 43.8 Å². The second-order valence-corrected chi connectivity index (χ2v) is 13.0. The number of rotatable bonds is 7. The van der Waals surface area contributed by atoms with Crippen LogP contribution in [-0.4, -0.2) is 56.6 Å². The van der Waals surface area contributed by atoms with Gasteiger partial charge in [-0.25, -0.2) is 32.7 Å². The number of hydrogen-bond donors (Lipinski definition) is 1. The molecule has 1 aliphatic heterocycles. The van der Waals surface area contributed by atoms with Gasteiger partial charge in [0.15, 0.2) is 22.1 Å². The van der Waals surface area contributed by atoms with Crippen molar-refractivity contribution >= 4 is 49.5 Å². The van der Waals surface area contributed by atoms with E-state index < -0.39 is 10.0 Å². The quantitative estimate of drug-likeness (QED) is 0.298. The number of imidazole rings is 1. The van der Waals surface area contributed by atoms with E-state index in [4.69, 9.17) is 15.1 Å². The summed E-state index contributed by atoms with van der Waals surface area (Å²) in [6, 6.07) is 12.4. The molecule has 4 heterocycles. The van der Waals surface area contributed by atoms with E-state index in [9.17, 15) is 8.42 Å². The molecule has 39 heavy (non-hydrogen) atoms. The summed E-state index contributed by atoms with van der Waals surface area (Å²) in [4.78, 5) is 19.0. The topological polar surface area (TPSA) is 133 Å². The van der Waals surface area contributed by atoms with Crippen LogP contribution in [-0.2, 0) is 16.6 Å². The van der Waals surface area contributed by atoms with Gasteiger partial charge >= 0.3 is 0 Å². The van der Waals surface area contributed by atoms with Crippen LogP contribution in [0.15, 0.2) is 63.4 Å². The van der Waals surface area contributed by atoms with Crippen LogP contribution in [0.3, 0.4) is 0 Å². The van der Waals surface area contributed by atoms with Crippen LogP contribution < -0.4 is 5.73 Å². The zero-order valence-corrected chi connectivity index (χ0v) is 23.4. The van der Waals surface area contributed by atoms with Crippen molar-refractivity contribution in [2.45, 2.75) is 42.8 Å². The Morgan fingerprint density at radius 2 is 1.95 bits per heavy atom. The van der Waals surface area contributed by atoms with Gasteiger partial charge in [0.05, 0.1) is 18.0 Å². The zero-order chi connectivity index (χ0) is 27.1. The van der Waals surface area contributed by atoms with Gasteiger partial charge in [0, 0.05) is 24.5 Å². The molecule has 1 fully saturated rings. The van der Waals surface area contributed by atoms with Crippen molar-refractivity contribution < 1.29 is 12.8 Å². The Bertz CT molecular complexity index is 1780. The van der Waals surface area contributed by atoms with Crippen molar-refractivity contribution in [1.82, 2.24) is 28.8 Å². The van der Waals surface area contributed by atoms with Crippen molar-refractivity contribution in [3.63, 3.8) is 0 Å². The van der Waals surface area contributed by atoms with Crippen LogP contribution in [0.2, 0.25) is 0 Å². The van der Waals surface area contributed by atoms with Crippen molar-refractivity contribution in [2.24, 2.45) is 5.92 Å². The number of fused-ring (bicyclic) bond motifs is 2. The number of anilines is 1. The lowest BCUT2D eigenvalue weighted by atomic mass is 9.96. The van der Waals surface area contributed by atoms with Gasteiger partial charge in [0.25, 0.3) is 0 Å². The second kappa shape index (κ2) is 10.2. The molecule has 1 atom stereocenters. The fourth-order valence-corrected chi connectivity index (χ4v) is 7.14. The molecule has 0 radical (unpaired) electrons. The van der Waals surface area contributed by atoms with Gasteiger partial charge in [0.2, 0.25) is 15.9 Å². The van der Waals surface area contributed by atoms with Crippen LogP contribution in [0.1, 0.15) is 25.0 Å². The average molecular weight is 564 g/mol. The summed E-state index contributed by atoms with van der Waals surface area (Å²) in [5, 5.41) is 2.91. The van der Waals surface area contributed by atoms with E-state index in [0.29, 0.717) is 42.5 Å². The number of nitrogens with zero attached hydrogens (tertiary/aromatic N) is 6. The van der Waals surface area contributed by atoms with Crippen molar-refractivity contribution in [3.05, 3.63) is 54.7 Å². The number of benzene rings is 2. The van der Waals surface area contributed by atoms with Crippen LogP contribution >= 0.6 is 11.8 Å². The first-order valence-electron chi connectivity index (χ1n) is 12.8. The van der Waals surface area contributed by atoms with Gasteiger partial charge in [-0.15, -0.1) is 0 Å². The fraction of sp³-hybridized carbons (Fsp3) is 0.333. The number of nitrogens with two attached hydrogens (primary N) is 1. The number of oxazole rings is 1. The molecule has 10 nitrogen and oxygen atoms in total. The van der Waals surface area contributed by atoms with E-state index in [0.717, 1.165) is 51.4 Å². The number of hydrogen-bond acceptors (Lipinski definition) is 9. The highest BCUT2D eigenvalue weighted by Gasteiger charge is 2.27. The van der Waals surface area contributed by atoms with Gasteiger partial charge in [-0.3, -0.25) is 0 Å². The highest BCUT2D eigenvalue weighted by atomic mass is 32.2. The SMILES string of the molecule is Cc1cnc(-c2cc3ccccc3cc2Sc2nc3c(N)ncnc3n2CCC2CCCN(S(C)(=O)=O)C2)o1. The molecule has 12 heteroatoms. The summed E-state index contributed by atoms with van der Waals surface area (Å²) in [7, 11) is -3.21. The predicted molar refractivity (Wildman–Crippen MR) is 152 cm³/mol. The summed E-state index contributed by atoms with van der Waals surface area (Å²) in [6.45, 7) is 3.61. The molecule has 0 aliphatic carbocycles. The Morgan fingerprint density at radius 1 is 1.15 bits per heavy atom. The van der Waals surface area contributed by atoms with Gasteiger partial charge in [-0.1, -0.05) is 36.0 Å². The Labute approximate surface area is 230 Å². The number of piperidine rings is 1. The minimum absolute atomic E-state index is 0.245. The summed E-state index contributed by atoms with van der Waals surface area (Å²) >= 11 is 1.51. The lowest BCUT2D eigenvalue weighted by Crippen LogP contribution is -2.39. The van der Waals surface area contributed by atoms with E-state index in [1.54, 1.807) is 10.5 Å². The molecule has 0 spiro atoms. The maximum atomic E-state index is 12.1. The average Bonchev–Trinajstić information content (AvgIpc) is 3.50. The molecule has 1 aliphatic rings. The van der Waals surface area contributed by atoms with E-state index in [1.165, 1.54) is 24.3 Å². The smallest absolute Gasteiger partial charge is 0.227 e. The Hall–Kier alpha value is -3.48. The van der Waals surface area contributed by atoms with Gasteiger partial charge < -0.3 is 14.7 Å². The summed E-state index contributed by atoms with van der Waals surface area (Å²) in [5.41, 5.74) is 8.29. The molecule has 0 amide bonds. The fourth-order valence-electron chi connectivity index (χ4n) is 5.14. The first-order chi connectivity index (χ1) is 18.8. The highest BCUT2D eigenvalue weighted by molar-refractivity contribution is 7.99. The lowest BCUT2D eigenvalue weighted by Gasteiger charge is -2.31. The minimum Gasteiger partial charge on any atom is -0.441 e. The Morgan fingerprint density at radius 3 is 2.69 bits per heavy atom. The third-order valence-corrected chi connectivity index (χ3v) is 9.46. The standard InChI is InChI=1S/C27H29N7O3S2/c1-17-14-29-26(37-17)21-12-19-7-3-4-8-20(19)13-22(21)38-27-32-23-24(28)30-16-31-25(23)34(27)11-9-18-6-5-10-33(15-18)39(2,35)36/h3-4,7-8,12-14,16,18H,5-6,9-11,15H2,1-2H3,(H2,28,30,31). The van der Waals surface area contributed by atoms with Gasteiger partial charge in [0.1, 0.15) is 12.1 Å². The molecule has 1 saturated heterocycles. The first kappa shape index (κ1) is 25.8. The van der Waals surface area contributed by atoms with Crippen molar-refractivity contribution in [3.8, 4) is 11.5 Å². The molecule has 3 aromatic heterocycles. The minimum atomic E-state index is -3.21. The van der Waals surface area contributed by atoms with Crippen molar-refractivity contribution in [2.75, 3.05) is 25.1 Å². The van der Waals surface area contributed by atoms with Crippen LogP contribution in [0.4, 0.5) is 5.82 Å². The summed E-state index contributed by atoms with van der Waals surface area (Å²) in [5.74, 6) is 1.85. The predicted octanol–water partition coefficient (Wildman–Crippen LogP) is 4.74. The van der Waals surface area contributed by atoms with Gasteiger partial charge in [-0.05, 0) is 55.0 Å². The molecule has 2 aromatic carbocycles. The number of nitrogen functional groups attached to an aromatic ring is 1. The molecular formula is C27H29N7O3S2. The molecule has 5 aromatic rings. The second-order valence-electron chi connectivity index (χ2n) is 9.97. The molecule has 0 bridgehead atoms. The largest absolute Gasteiger partial charge is 0.441 e. The molecular weight excluding hydrogens is 534 g/mol. The van der Waals surface area contributed by atoms with E-state index >= 15 is 0 Å². The maximum Gasteiger partial charge on any atom is 0.227 e. The highest BCUT2D eigenvalue weighted by Crippen LogP contribution is 2.40. The zero-order valence-electron chi connectivity index (χ0n) is 21.7. The van der Waals surface area contributed by atoms with Crippen LogP contribution in [0.5, 0.6) is 0 Å². The summed E-state index contributed by atoms with van der Waals surface area (Å²) in [6.07, 6.45) is 7.08. The molecule has 0 saturated carbocycles. The molecule has 2 N–H and O–H groups in total. The normalized spacial score (nSPS) is 16.8. The van der Waals surface area contributed by atoms with Crippen LogP contribution in [0, 0.1) is 12.8 Å². The number of aromatic nitrogens is 5. The van der Waals surface area contributed by atoms with Gasteiger partial charge in [-0.2, -0.15) is 0 Å². The number of aryl methyl sites for hydroxylation is 2. The number of sulfonamides is 1. The monoisotopic (exact) mass is 563 g/mol. The van der Waals surface area contributed by atoms with E-state index in [-0.39, 0.29) is 5.92 Å². The molecule has 202 valence electrons. The first-order valence-corrected chi connectivity index (χ1v) is 15.5.